The quantitative estimate of drug-likeness (QED) is 0.741. The van der Waals surface area contributed by atoms with E-state index in [1.165, 1.54) is 0 Å². The summed E-state index contributed by atoms with van der Waals surface area (Å²) in [7, 11) is 0. The number of nitrogens with one attached hydrogen (secondary N) is 1. The molecule has 5 nitrogen and oxygen atoms in total. The lowest BCUT2D eigenvalue weighted by Crippen LogP contribution is -2.34. The molecule has 0 spiro atoms. The van der Waals surface area contributed by atoms with Crippen LogP contribution in [0.2, 0.25) is 0 Å². The first-order valence-electron chi connectivity index (χ1n) is 6.48. The third kappa shape index (κ3) is 6.10. The van der Waals surface area contributed by atoms with Crippen LogP contribution >= 0.6 is 0 Å². The van der Waals surface area contributed by atoms with E-state index in [1.807, 2.05) is 26.0 Å². The smallest absolute Gasteiger partial charge is 0.257 e. The molecule has 0 bridgehead atoms. The lowest BCUT2D eigenvalue weighted by molar-refractivity contribution is -0.123. The minimum atomic E-state index is -0.144. The van der Waals surface area contributed by atoms with Gasteiger partial charge in [0.25, 0.3) is 5.91 Å². The van der Waals surface area contributed by atoms with E-state index < -0.39 is 0 Å². The van der Waals surface area contributed by atoms with Gasteiger partial charge in [0.15, 0.2) is 6.61 Å². The number of nitrogens with two attached hydrogens (primary N) is 1. The molecule has 1 aromatic carbocycles. The van der Waals surface area contributed by atoms with Crippen molar-refractivity contribution < 1.29 is 14.3 Å². The largest absolute Gasteiger partial charge is 0.494 e. The van der Waals surface area contributed by atoms with Crippen LogP contribution in [-0.4, -0.2) is 32.2 Å². The second-order valence-electron chi connectivity index (χ2n) is 4.34. The summed E-state index contributed by atoms with van der Waals surface area (Å²) in [5, 5.41) is 2.77. The Balaban J connectivity index is 2.29. The Hall–Kier alpha value is -1.75. The highest BCUT2D eigenvalue weighted by Gasteiger charge is 2.05. The molecule has 3 N–H and O–H groups in total. The fourth-order valence-electron chi connectivity index (χ4n) is 1.37. The van der Waals surface area contributed by atoms with Gasteiger partial charge in [0, 0.05) is 6.54 Å². The predicted molar refractivity (Wildman–Crippen MR) is 74.3 cm³/mol. The van der Waals surface area contributed by atoms with Crippen LogP contribution in [0.1, 0.15) is 13.8 Å². The summed E-state index contributed by atoms with van der Waals surface area (Å²) in [6, 6.07) is 7.18. The van der Waals surface area contributed by atoms with Crippen molar-refractivity contribution in [1.82, 2.24) is 5.32 Å². The molecule has 1 amide bonds. The molecular formula is C14H22N2O3. The number of ether oxygens (including phenoxy) is 2. The van der Waals surface area contributed by atoms with Crippen LogP contribution in [-0.2, 0) is 4.79 Å². The summed E-state index contributed by atoms with van der Waals surface area (Å²) < 4.78 is 10.7. The van der Waals surface area contributed by atoms with Crippen molar-refractivity contribution in [2.45, 2.75) is 13.8 Å². The van der Waals surface area contributed by atoms with Crippen LogP contribution in [0.25, 0.3) is 0 Å². The number of hydrogen-bond acceptors (Lipinski definition) is 4. The van der Waals surface area contributed by atoms with Gasteiger partial charge in [-0.3, -0.25) is 4.79 Å². The molecule has 5 heteroatoms. The summed E-state index contributed by atoms with van der Waals surface area (Å²) >= 11 is 0. The molecule has 1 rings (SSSR count). The molecule has 0 aliphatic carbocycles. The Bertz CT molecular complexity index is 379. The monoisotopic (exact) mass is 266 g/mol. The number of carbonyl (C=O) groups is 1. The average molecular weight is 266 g/mol. The van der Waals surface area contributed by atoms with Gasteiger partial charge in [0.1, 0.15) is 11.5 Å². The molecule has 0 aromatic heterocycles. The average Bonchev–Trinajstić information content (AvgIpc) is 2.44. The first-order valence-corrected chi connectivity index (χ1v) is 6.48. The molecule has 1 aromatic rings. The van der Waals surface area contributed by atoms with Gasteiger partial charge in [-0.2, -0.15) is 0 Å². The summed E-state index contributed by atoms with van der Waals surface area (Å²) in [6.45, 7) is 5.67. The Labute approximate surface area is 114 Å². The molecule has 19 heavy (non-hydrogen) atoms. The molecule has 106 valence electrons. The van der Waals surface area contributed by atoms with Crippen molar-refractivity contribution >= 4 is 5.91 Å². The van der Waals surface area contributed by atoms with Crippen LogP contribution in [0.15, 0.2) is 24.3 Å². The zero-order chi connectivity index (χ0) is 14.1. The number of amides is 1. The van der Waals surface area contributed by atoms with Gasteiger partial charge in [0.2, 0.25) is 0 Å². The molecule has 0 heterocycles. The highest BCUT2D eigenvalue weighted by Crippen LogP contribution is 2.17. The van der Waals surface area contributed by atoms with Crippen molar-refractivity contribution in [3.05, 3.63) is 24.3 Å². The van der Waals surface area contributed by atoms with E-state index in [1.54, 1.807) is 12.1 Å². The normalized spacial score (nSPS) is 11.7. The Morgan fingerprint density at radius 1 is 1.26 bits per heavy atom. The fourth-order valence-corrected chi connectivity index (χ4v) is 1.37. The third-order valence-corrected chi connectivity index (χ3v) is 2.55. The van der Waals surface area contributed by atoms with Crippen molar-refractivity contribution in [3.63, 3.8) is 0 Å². The maximum Gasteiger partial charge on any atom is 0.257 e. The molecule has 0 saturated heterocycles. The van der Waals surface area contributed by atoms with E-state index in [0.717, 1.165) is 5.75 Å². The van der Waals surface area contributed by atoms with Crippen molar-refractivity contribution in [2.24, 2.45) is 11.7 Å². The van der Waals surface area contributed by atoms with Crippen molar-refractivity contribution in [2.75, 3.05) is 26.3 Å². The molecule has 0 fully saturated rings. The molecule has 0 aliphatic heterocycles. The van der Waals surface area contributed by atoms with Crippen LogP contribution < -0.4 is 20.5 Å². The number of carbonyl (C=O) groups excluding carboxylic acids is 1. The van der Waals surface area contributed by atoms with Crippen molar-refractivity contribution in [1.29, 1.82) is 0 Å². The Morgan fingerprint density at radius 3 is 2.37 bits per heavy atom. The molecule has 1 atom stereocenters. The summed E-state index contributed by atoms with van der Waals surface area (Å²) in [5.41, 5.74) is 5.47. The maximum absolute atomic E-state index is 11.5. The van der Waals surface area contributed by atoms with Gasteiger partial charge in [-0.1, -0.05) is 6.92 Å². The van der Waals surface area contributed by atoms with E-state index in [0.29, 0.717) is 25.4 Å². The molecule has 1 unspecified atom stereocenters. The van der Waals surface area contributed by atoms with Crippen LogP contribution in [0.3, 0.4) is 0 Å². The lowest BCUT2D eigenvalue weighted by atomic mass is 10.2. The number of rotatable bonds is 8. The number of hydrogen-bond donors (Lipinski definition) is 2. The van der Waals surface area contributed by atoms with Gasteiger partial charge in [-0.15, -0.1) is 0 Å². The van der Waals surface area contributed by atoms with Gasteiger partial charge in [-0.05, 0) is 43.7 Å². The van der Waals surface area contributed by atoms with Crippen LogP contribution in [0.4, 0.5) is 0 Å². The van der Waals surface area contributed by atoms with E-state index in [4.69, 9.17) is 15.2 Å². The van der Waals surface area contributed by atoms with Crippen LogP contribution in [0, 0.1) is 5.92 Å². The topological polar surface area (TPSA) is 73.6 Å². The van der Waals surface area contributed by atoms with Gasteiger partial charge in [-0.25, -0.2) is 0 Å². The van der Waals surface area contributed by atoms with Gasteiger partial charge >= 0.3 is 0 Å². The second-order valence-corrected chi connectivity index (χ2v) is 4.34. The lowest BCUT2D eigenvalue weighted by Gasteiger charge is -2.11. The molecule has 0 saturated carbocycles. The second kappa shape index (κ2) is 8.37. The van der Waals surface area contributed by atoms with Crippen LogP contribution in [0.5, 0.6) is 11.5 Å². The summed E-state index contributed by atoms with van der Waals surface area (Å²) in [4.78, 5) is 11.5. The minimum absolute atomic E-state index is 0.00523. The maximum atomic E-state index is 11.5. The summed E-state index contributed by atoms with van der Waals surface area (Å²) in [6.07, 6.45) is 0. The first-order chi connectivity index (χ1) is 9.15. The van der Waals surface area contributed by atoms with E-state index in [9.17, 15) is 4.79 Å². The SMILES string of the molecule is CCOc1ccc(OCC(=O)NCC(C)CN)cc1. The minimum Gasteiger partial charge on any atom is -0.494 e. The molecule has 0 aliphatic rings. The molecular weight excluding hydrogens is 244 g/mol. The van der Waals surface area contributed by atoms with Crippen molar-refractivity contribution in [3.8, 4) is 11.5 Å². The van der Waals surface area contributed by atoms with Gasteiger partial charge in [0.05, 0.1) is 6.61 Å². The first kappa shape index (κ1) is 15.3. The predicted octanol–water partition coefficient (Wildman–Crippen LogP) is 1.18. The Morgan fingerprint density at radius 2 is 1.84 bits per heavy atom. The highest BCUT2D eigenvalue weighted by atomic mass is 16.5. The van der Waals surface area contributed by atoms with E-state index in [-0.39, 0.29) is 18.4 Å². The van der Waals surface area contributed by atoms with E-state index in [2.05, 4.69) is 5.32 Å². The Kier molecular flexibility index (Phi) is 6.74. The molecule has 0 radical (unpaired) electrons. The van der Waals surface area contributed by atoms with E-state index >= 15 is 0 Å². The van der Waals surface area contributed by atoms with Gasteiger partial charge < -0.3 is 20.5 Å². The number of benzene rings is 1. The fraction of sp³-hybridized carbons (Fsp3) is 0.500. The highest BCUT2D eigenvalue weighted by molar-refractivity contribution is 5.77. The summed E-state index contributed by atoms with van der Waals surface area (Å²) in [5.74, 6) is 1.56. The zero-order valence-corrected chi connectivity index (χ0v) is 11.5. The standard InChI is InChI=1S/C14H22N2O3/c1-3-18-12-4-6-13(7-5-12)19-10-14(17)16-9-11(2)8-15/h4-7,11H,3,8-10,15H2,1-2H3,(H,16,17). The zero-order valence-electron chi connectivity index (χ0n) is 11.5. The third-order valence-electron chi connectivity index (χ3n) is 2.55.